The van der Waals surface area contributed by atoms with Crippen LogP contribution in [0.1, 0.15) is 19.3 Å². The van der Waals surface area contributed by atoms with Gasteiger partial charge in [-0.2, -0.15) is 5.26 Å². The SMILES string of the molecule is N#CCCN(CC(=O)N1CCOCC1)C1CC1. The summed E-state index contributed by atoms with van der Waals surface area (Å²) in [5.74, 6) is 0.179. The third kappa shape index (κ3) is 3.69. The molecular formula is C12H19N3O2. The fourth-order valence-corrected chi connectivity index (χ4v) is 2.11. The van der Waals surface area contributed by atoms with Gasteiger partial charge in [0.05, 0.1) is 25.8 Å². The van der Waals surface area contributed by atoms with Crippen molar-refractivity contribution in [3.63, 3.8) is 0 Å². The Kier molecular flexibility index (Phi) is 4.35. The van der Waals surface area contributed by atoms with Gasteiger partial charge in [0.2, 0.25) is 5.91 Å². The predicted molar refractivity (Wildman–Crippen MR) is 62.2 cm³/mol. The maximum atomic E-state index is 12.0. The van der Waals surface area contributed by atoms with E-state index in [4.69, 9.17) is 10.00 Å². The van der Waals surface area contributed by atoms with E-state index < -0.39 is 0 Å². The number of ether oxygens (including phenoxy) is 1. The van der Waals surface area contributed by atoms with E-state index in [0.717, 1.165) is 6.54 Å². The molecule has 1 heterocycles. The summed E-state index contributed by atoms with van der Waals surface area (Å²) in [6, 6.07) is 2.68. The second-order valence-corrected chi connectivity index (χ2v) is 4.60. The van der Waals surface area contributed by atoms with E-state index in [-0.39, 0.29) is 5.91 Å². The third-order valence-electron chi connectivity index (χ3n) is 3.28. The fourth-order valence-electron chi connectivity index (χ4n) is 2.11. The highest BCUT2D eigenvalue weighted by Gasteiger charge is 2.31. The lowest BCUT2D eigenvalue weighted by Gasteiger charge is -2.29. The molecule has 0 spiro atoms. The van der Waals surface area contributed by atoms with Crippen molar-refractivity contribution in [1.29, 1.82) is 5.26 Å². The topological polar surface area (TPSA) is 56.6 Å². The van der Waals surface area contributed by atoms with Gasteiger partial charge in [0.1, 0.15) is 0 Å². The van der Waals surface area contributed by atoms with Gasteiger partial charge in [0, 0.05) is 32.1 Å². The van der Waals surface area contributed by atoms with Crippen molar-refractivity contribution in [2.75, 3.05) is 39.4 Å². The average molecular weight is 237 g/mol. The smallest absolute Gasteiger partial charge is 0.236 e. The molecule has 2 aliphatic rings. The van der Waals surface area contributed by atoms with E-state index >= 15 is 0 Å². The molecule has 1 aliphatic heterocycles. The van der Waals surface area contributed by atoms with E-state index in [1.807, 2.05) is 4.90 Å². The lowest BCUT2D eigenvalue weighted by molar-refractivity contribution is -0.136. The lowest BCUT2D eigenvalue weighted by Crippen LogP contribution is -2.46. The zero-order valence-corrected chi connectivity index (χ0v) is 10.1. The zero-order chi connectivity index (χ0) is 12.1. The highest BCUT2D eigenvalue weighted by molar-refractivity contribution is 5.78. The molecule has 0 N–H and O–H groups in total. The summed E-state index contributed by atoms with van der Waals surface area (Å²) in [4.78, 5) is 16.1. The van der Waals surface area contributed by atoms with Crippen molar-refractivity contribution in [3.05, 3.63) is 0 Å². The molecule has 0 radical (unpaired) electrons. The normalized spacial score (nSPS) is 20.4. The van der Waals surface area contributed by atoms with Crippen molar-refractivity contribution in [3.8, 4) is 6.07 Å². The van der Waals surface area contributed by atoms with Gasteiger partial charge in [-0.25, -0.2) is 0 Å². The molecule has 94 valence electrons. The number of nitrogens with zero attached hydrogens (tertiary/aromatic N) is 3. The molecule has 0 aromatic rings. The highest BCUT2D eigenvalue weighted by atomic mass is 16.5. The van der Waals surface area contributed by atoms with Crippen LogP contribution >= 0.6 is 0 Å². The Hall–Kier alpha value is -1.12. The summed E-state index contributed by atoms with van der Waals surface area (Å²) in [5, 5.41) is 8.61. The number of hydrogen-bond donors (Lipinski definition) is 0. The van der Waals surface area contributed by atoms with Gasteiger partial charge < -0.3 is 9.64 Å². The van der Waals surface area contributed by atoms with Gasteiger partial charge in [-0.3, -0.25) is 9.69 Å². The molecule has 1 amide bonds. The first-order valence-corrected chi connectivity index (χ1v) is 6.28. The summed E-state index contributed by atoms with van der Waals surface area (Å²) in [6.07, 6.45) is 2.84. The summed E-state index contributed by atoms with van der Waals surface area (Å²) in [7, 11) is 0. The standard InChI is InChI=1S/C12H19N3O2/c13-4-1-5-15(11-2-3-11)10-12(16)14-6-8-17-9-7-14/h11H,1-3,5-10H2. The first-order valence-electron chi connectivity index (χ1n) is 6.28. The van der Waals surface area contributed by atoms with E-state index in [1.54, 1.807) is 0 Å². The average Bonchev–Trinajstić information content (AvgIpc) is 3.19. The maximum Gasteiger partial charge on any atom is 0.236 e. The number of hydrogen-bond acceptors (Lipinski definition) is 4. The largest absolute Gasteiger partial charge is 0.378 e. The molecule has 0 unspecified atom stereocenters. The Morgan fingerprint density at radius 2 is 2.12 bits per heavy atom. The number of carbonyl (C=O) groups is 1. The molecule has 5 heteroatoms. The van der Waals surface area contributed by atoms with Crippen LogP contribution in [0.2, 0.25) is 0 Å². The van der Waals surface area contributed by atoms with Crippen LogP contribution in [0.25, 0.3) is 0 Å². The second kappa shape index (κ2) is 5.99. The van der Waals surface area contributed by atoms with Crippen LogP contribution in [0.15, 0.2) is 0 Å². The first-order chi connectivity index (χ1) is 8.31. The van der Waals surface area contributed by atoms with Crippen LogP contribution in [0.4, 0.5) is 0 Å². The molecule has 0 aromatic heterocycles. The molecule has 0 aromatic carbocycles. The molecule has 5 nitrogen and oxygen atoms in total. The second-order valence-electron chi connectivity index (χ2n) is 4.60. The van der Waals surface area contributed by atoms with Crippen LogP contribution in [0.3, 0.4) is 0 Å². The van der Waals surface area contributed by atoms with Crippen molar-refractivity contribution < 1.29 is 9.53 Å². The van der Waals surface area contributed by atoms with Gasteiger partial charge >= 0.3 is 0 Å². The molecule has 0 atom stereocenters. The van der Waals surface area contributed by atoms with E-state index in [9.17, 15) is 4.79 Å². The van der Waals surface area contributed by atoms with Gasteiger partial charge in [-0.15, -0.1) is 0 Å². The number of morpholine rings is 1. The molecule has 1 aliphatic carbocycles. The fraction of sp³-hybridized carbons (Fsp3) is 0.833. The number of carbonyl (C=O) groups excluding carboxylic acids is 1. The summed E-state index contributed by atoms with van der Waals surface area (Å²) in [5.41, 5.74) is 0. The van der Waals surface area contributed by atoms with Gasteiger partial charge in [-0.1, -0.05) is 0 Å². The predicted octanol–water partition coefficient (Wildman–Crippen LogP) is 0.223. The van der Waals surface area contributed by atoms with Crippen molar-refractivity contribution in [1.82, 2.24) is 9.80 Å². The van der Waals surface area contributed by atoms with Crippen LogP contribution in [0, 0.1) is 11.3 Å². The van der Waals surface area contributed by atoms with E-state index in [0.29, 0.717) is 45.3 Å². The molecule has 17 heavy (non-hydrogen) atoms. The maximum absolute atomic E-state index is 12.0. The van der Waals surface area contributed by atoms with Gasteiger partial charge in [0.15, 0.2) is 0 Å². The monoisotopic (exact) mass is 237 g/mol. The zero-order valence-electron chi connectivity index (χ0n) is 10.1. The molecule has 2 fully saturated rings. The molecule has 2 rings (SSSR count). The Bertz CT molecular complexity index is 303. The van der Waals surface area contributed by atoms with E-state index in [2.05, 4.69) is 11.0 Å². The number of nitriles is 1. The summed E-state index contributed by atoms with van der Waals surface area (Å²) < 4.78 is 5.23. The Morgan fingerprint density at radius 1 is 1.41 bits per heavy atom. The van der Waals surface area contributed by atoms with Crippen molar-refractivity contribution >= 4 is 5.91 Å². The van der Waals surface area contributed by atoms with Gasteiger partial charge in [0.25, 0.3) is 0 Å². The Labute approximate surface area is 102 Å². The number of amides is 1. The van der Waals surface area contributed by atoms with Crippen LogP contribution in [-0.4, -0.2) is 61.1 Å². The van der Waals surface area contributed by atoms with Gasteiger partial charge in [-0.05, 0) is 12.8 Å². The highest BCUT2D eigenvalue weighted by Crippen LogP contribution is 2.26. The van der Waals surface area contributed by atoms with E-state index in [1.165, 1.54) is 12.8 Å². The quantitative estimate of drug-likeness (QED) is 0.686. The first kappa shape index (κ1) is 12.3. The van der Waals surface area contributed by atoms with Crippen LogP contribution < -0.4 is 0 Å². The van der Waals surface area contributed by atoms with Crippen LogP contribution in [-0.2, 0) is 9.53 Å². The molecule has 1 saturated carbocycles. The minimum atomic E-state index is 0.179. The molecule has 1 saturated heterocycles. The summed E-state index contributed by atoms with van der Waals surface area (Å²) in [6.45, 7) is 3.88. The third-order valence-corrected chi connectivity index (χ3v) is 3.28. The van der Waals surface area contributed by atoms with Crippen molar-refractivity contribution in [2.45, 2.75) is 25.3 Å². The minimum absolute atomic E-state index is 0.179. The Morgan fingerprint density at radius 3 is 2.71 bits per heavy atom. The van der Waals surface area contributed by atoms with Crippen LogP contribution in [0.5, 0.6) is 0 Å². The van der Waals surface area contributed by atoms with Crippen molar-refractivity contribution in [2.24, 2.45) is 0 Å². The molecule has 0 bridgehead atoms. The summed E-state index contributed by atoms with van der Waals surface area (Å²) >= 11 is 0. The minimum Gasteiger partial charge on any atom is -0.378 e. The number of rotatable bonds is 5. The lowest BCUT2D eigenvalue weighted by atomic mass is 10.3. The molecular weight excluding hydrogens is 218 g/mol. The Balaban J connectivity index is 1.79.